The summed E-state index contributed by atoms with van der Waals surface area (Å²) in [5.74, 6) is 1.13. The molecule has 0 saturated carbocycles. The standard InChI is InChI=1S/C22H20ClNO3/c23-18-6-10-21(11-7-18)27-16-22(25)24-19-8-12-20(13-9-19)26-15-14-17-4-2-1-3-5-17/h1-13H,14-16H2,(H,24,25). The zero-order valence-electron chi connectivity index (χ0n) is 14.7. The van der Waals surface area contributed by atoms with Crippen molar-refractivity contribution in [3.63, 3.8) is 0 Å². The molecular formula is C22H20ClNO3. The largest absolute Gasteiger partial charge is 0.493 e. The molecule has 0 aliphatic heterocycles. The van der Waals surface area contributed by atoms with Gasteiger partial charge in [-0.3, -0.25) is 4.79 Å². The minimum absolute atomic E-state index is 0.0725. The number of nitrogens with one attached hydrogen (secondary N) is 1. The summed E-state index contributed by atoms with van der Waals surface area (Å²) >= 11 is 5.81. The van der Waals surface area contributed by atoms with Crippen LogP contribution in [0.15, 0.2) is 78.9 Å². The van der Waals surface area contributed by atoms with Crippen LogP contribution in [0.2, 0.25) is 5.02 Å². The van der Waals surface area contributed by atoms with E-state index < -0.39 is 0 Å². The van der Waals surface area contributed by atoms with Crippen molar-refractivity contribution in [3.05, 3.63) is 89.4 Å². The zero-order chi connectivity index (χ0) is 18.9. The highest BCUT2D eigenvalue weighted by atomic mass is 35.5. The normalized spacial score (nSPS) is 10.3. The van der Waals surface area contributed by atoms with E-state index in [0.29, 0.717) is 23.1 Å². The lowest BCUT2D eigenvalue weighted by Crippen LogP contribution is -2.20. The van der Waals surface area contributed by atoms with E-state index in [-0.39, 0.29) is 12.5 Å². The second kappa shape index (κ2) is 9.64. The van der Waals surface area contributed by atoms with Gasteiger partial charge in [-0.1, -0.05) is 41.9 Å². The fourth-order valence-corrected chi connectivity index (χ4v) is 2.57. The third kappa shape index (κ3) is 6.35. The second-order valence-electron chi connectivity index (χ2n) is 5.90. The summed E-state index contributed by atoms with van der Waals surface area (Å²) in [6.45, 7) is 0.529. The van der Waals surface area contributed by atoms with Gasteiger partial charge in [-0.25, -0.2) is 0 Å². The molecule has 0 unspecified atom stereocenters. The molecule has 5 heteroatoms. The van der Waals surface area contributed by atoms with Crippen LogP contribution in [0.4, 0.5) is 5.69 Å². The average molecular weight is 382 g/mol. The molecule has 0 aliphatic rings. The van der Waals surface area contributed by atoms with Gasteiger partial charge in [0.1, 0.15) is 11.5 Å². The molecule has 0 heterocycles. The first-order valence-electron chi connectivity index (χ1n) is 8.64. The van der Waals surface area contributed by atoms with Crippen LogP contribution in [-0.2, 0) is 11.2 Å². The van der Waals surface area contributed by atoms with Gasteiger partial charge in [-0.2, -0.15) is 0 Å². The van der Waals surface area contributed by atoms with E-state index in [0.717, 1.165) is 12.2 Å². The van der Waals surface area contributed by atoms with Gasteiger partial charge in [-0.15, -0.1) is 0 Å². The first-order chi connectivity index (χ1) is 13.2. The summed E-state index contributed by atoms with van der Waals surface area (Å²) in [5.41, 5.74) is 1.93. The van der Waals surface area contributed by atoms with Crippen LogP contribution in [0.3, 0.4) is 0 Å². The third-order valence-electron chi connectivity index (χ3n) is 3.82. The molecule has 4 nitrogen and oxygen atoms in total. The Balaban J connectivity index is 1.41. The molecule has 0 saturated heterocycles. The molecule has 0 fully saturated rings. The quantitative estimate of drug-likeness (QED) is 0.598. The van der Waals surface area contributed by atoms with Crippen molar-refractivity contribution in [2.45, 2.75) is 6.42 Å². The highest BCUT2D eigenvalue weighted by molar-refractivity contribution is 6.30. The number of hydrogen-bond donors (Lipinski definition) is 1. The Morgan fingerprint density at radius 1 is 0.815 bits per heavy atom. The van der Waals surface area contributed by atoms with Gasteiger partial charge in [0.15, 0.2) is 6.61 Å². The van der Waals surface area contributed by atoms with Crippen molar-refractivity contribution in [2.24, 2.45) is 0 Å². The van der Waals surface area contributed by atoms with Crippen molar-refractivity contribution >= 4 is 23.2 Å². The molecule has 1 amide bonds. The van der Waals surface area contributed by atoms with Crippen LogP contribution in [0.1, 0.15) is 5.56 Å². The molecule has 0 aliphatic carbocycles. The Bertz CT molecular complexity index is 849. The van der Waals surface area contributed by atoms with Gasteiger partial charge in [-0.05, 0) is 54.1 Å². The van der Waals surface area contributed by atoms with Crippen LogP contribution in [0.5, 0.6) is 11.5 Å². The molecule has 1 N–H and O–H groups in total. The van der Waals surface area contributed by atoms with Crippen LogP contribution >= 0.6 is 11.6 Å². The van der Waals surface area contributed by atoms with Crippen molar-refractivity contribution in [3.8, 4) is 11.5 Å². The number of ether oxygens (including phenoxy) is 2. The monoisotopic (exact) mass is 381 g/mol. The van der Waals surface area contributed by atoms with Gasteiger partial charge in [0.05, 0.1) is 6.61 Å². The van der Waals surface area contributed by atoms with Crippen LogP contribution in [-0.4, -0.2) is 19.1 Å². The number of amides is 1. The van der Waals surface area contributed by atoms with Gasteiger partial charge in [0.2, 0.25) is 0 Å². The lowest BCUT2D eigenvalue weighted by atomic mass is 10.2. The highest BCUT2D eigenvalue weighted by Gasteiger charge is 2.04. The topological polar surface area (TPSA) is 47.6 Å². The van der Waals surface area contributed by atoms with Crippen LogP contribution in [0.25, 0.3) is 0 Å². The van der Waals surface area contributed by atoms with Crippen molar-refractivity contribution in [1.82, 2.24) is 0 Å². The summed E-state index contributed by atoms with van der Waals surface area (Å²) in [7, 11) is 0. The number of benzene rings is 3. The Morgan fingerprint density at radius 3 is 2.15 bits per heavy atom. The van der Waals surface area contributed by atoms with E-state index in [4.69, 9.17) is 21.1 Å². The average Bonchev–Trinajstić information content (AvgIpc) is 2.70. The van der Waals surface area contributed by atoms with Crippen LogP contribution in [0, 0.1) is 0 Å². The maximum absolute atomic E-state index is 12.0. The number of rotatable bonds is 8. The van der Waals surface area contributed by atoms with Gasteiger partial charge in [0.25, 0.3) is 5.91 Å². The van der Waals surface area contributed by atoms with E-state index in [1.54, 1.807) is 36.4 Å². The van der Waals surface area contributed by atoms with Crippen molar-refractivity contribution < 1.29 is 14.3 Å². The number of halogens is 1. The lowest BCUT2D eigenvalue weighted by molar-refractivity contribution is -0.118. The summed E-state index contributed by atoms with van der Waals surface area (Å²) in [6.07, 6.45) is 0.849. The molecule has 0 atom stereocenters. The Kier molecular flexibility index (Phi) is 6.72. The van der Waals surface area contributed by atoms with Crippen molar-refractivity contribution in [1.29, 1.82) is 0 Å². The molecule has 0 spiro atoms. The minimum atomic E-state index is -0.234. The molecular weight excluding hydrogens is 362 g/mol. The molecule has 0 radical (unpaired) electrons. The first-order valence-corrected chi connectivity index (χ1v) is 9.02. The van der Waals surface area contributed by atoms with Gasteiger partial charge in [0, 0.05) is 17.1 Å². The number of carbonyl (C=O) groups is 1. The second-order valence-corrected chi connectivity index (χ2v) is 6.34. The fourth-order valence-electron chi connectivity index (χ4n) is 2.44. The number of anilines is 1. The highest BCUT2D eigenvalue weighted by Crippen LogP contribution is 2.17. The first kappa shape index (κ1) is 18.8. The molecule has 0 bridgehead atoms. The van der Waals surface area contributed by atoms with E-state index in [1.807, 2.05) is 30.3 Å². The number of hydrogen-bond acceptors (Lipinski definition) is 3. The molecule has 3 aromatic rings. The Labute approximate surface area is 163 Å². The molecule has 0 aromatic heterocycles. The smallest absolute Gasteiger partial charge is 0.262 e. The van der Waals surface area contributed by atoms with E-state index >= 15 is 0 Å². The maximum atomic E-state index is 12.0. The van der Waals surface area contributed by atoms with E-state index in [9.17, 15) is 4.79 Å². The third-order valence-corrected chi connectivity index (χ3v) is 4.08. The number of carbonyl (C=O) groups excluding carboxylic acids is 1. The molecule has 3 aromatic carbocycles. The molecule has 138 valence electrons. The Hall–Kier alpha value is -2.98. The molecule has 3 rings (SSSR count). The van der Waals surface area contributed by atoms with Crippen molar-refractivity contribution in [2.75, 3.05) is 18.5 Å². The molecule has 27 heavy (non-hydrogen) atoms. The van der Waals surface area contributed by atoms with Gasteiger partial charge < -0.3 is 14.8 Å². The summed E-state index contributed by atoms with van der Waals surface area (Å²) in [5, 5.41) is 3.41. The summed E-state index contributed by atoms with van der Waals surface area (Å²) < 4.78 is 11.2. The maximum Gasteiger partial charge on any atom is 0.262 e. The van der Waals surface area contributed by atoms with E-state index in [1.165, 1.54) is 5.56 Å². The predicted octanol–water partition coefficient (Wildman–Crippen LogP) is 4.98. The summed E-state index contributed by atoms with van der Waals surface area (Å²) in [4.78, 5) is 12.0. The summed E-state index contributed by atoms with van der Waals surface area (Å²) in [6, 6.07) is 24.3. The zero-order valence-corrected chi connectivity index (χ0v) is 15.5. The Morgan fingerprint density at radius 2 is 1.44 bits per heavy atom. The lowest BCUT2D eigenvalue weighted by Gasteiger charge is -2.09. The SMILES string of the molecule is O=C(COc1ccc(Cl)cc1)Nc1ccc(OCCc2ccccc2)cc1. The fraction of sp³-hybridized carbons (Fsp3) is 0.136. The minimum Gasteiger partial charge on any atom is -0.493 e. The predicted molar refractivity (Wildman–Crippen MR) is 108 cm³/mol. The van der Waals surface area contributed by atoms with E-state index in [2.05, 4.69) is 17.4 Å². The van der Waals surface area contributed by atoms with Gasteiger partial charge >= 0.3 is 0 Å². The van der Waals surface area contributed by atoms with Crippen LogP contribution < -0.4 is 14.8 Å².